The van der Waals surface area contributed by atoms with Gasteiger partial charge in [-0.3, -0.25) is 9.59 Å². The van der Waals surface area contributed by atoms with Crippen molar-refractivity contribution in [2.24, 2.45) is 23.2 Å². The summed E-state index contributed by atoms with van der Waals surface area (Å²) in [6, 6.07) is 0. The summed E-state index contributed by atoms with van der Waals surface area (Å²) in [4.78, 5) is 24.3. The molecule has 4 nitrogen and oxygen atoms in total. The molecule has 0 aliphatic rings. The van der Waals surface area contributed by atoms with Crippen molar-refractivity contribution in [2.45, 2.75) is 73.8 Å². The van der Waals surface area contributed by atoms with Crippen LogP contribution >= 0.6 is 0 Å². The molecule has 4 heteroatoms. The lowest BCUT2D eigenvalue weighted by atomic mass is 9.71. The van der Waals surface area contributed by atoms with Crippen molar-refractivity contribution in [3.8, 4) is 0 Å². The molecule has 0 radical (unpaired) electrons. The Morgan fingerprint density at radius 3 is 1.81 bits per heavy atom. The van der Waals surface area contributed by atoms with Crippen LogP contribution in [0.2, 0.25) is 0 Å². The number of carboxylic acids is 1. The Labute approximate surface area is 129 Å². The number of carboxylic acid groups (broad SMARTS) is 1. The van der Waals surface area contributed by atoms with E-state index in [0.717, 1.165) is 12.8 Å². The fourth-order valence-corrected chi connectivity index (χ4v) is 2.54. The van der Waals surface area contributed by atoms with Gasteiger partial charge in [0.05, 0.1) is 6.10 Å². The second-order valence-corrected chi connectivity index (χ2v) is 7.22. The van der Waals surface area contributed by atoms with Crippen LogP contribution in [-0.2, 0) is 14.3 Å². The minimum absolute atomic E-state index is 0.113. The van der Waals surface area contributed by atoms with Crippen LogP contribution in [0.3, 0.4) is 0 Å². The molecule has 21 heavy (non-hydrogen) atoms. The minimum atomic E-state index is -1.44. The van der Waals surface area contributed by atoms with E-state index in [9.17, 15) is 14.7 Å². The number of ether oxygens (including phenoxy) is 1. The molecule has 0 aliphatic carbocycles. The predicted octanol–water partition coefficient (Wildman–Crippen LogP) is 4.13. The van der Waals surface area contributed by atoms with E-state index in [0.29, 0.717) is 12.3 Å². The summed E-state index contributed by atoms with van der Waals surface area (Å²) in [6.07, 6.45) is 1.78. The normalized spacial score (nSPS) is 16.1. The van der Waals surface area contributed by atoms with Crippen molar-refractivity contribution in [3.05, 3.63) is 0 Å². The zero-order valence-corrected chi connectivity index (χ0v) is 14.6. The Morgan fingerprint density at radius 1 is 0.952 bits per heavy atom. The minimum Gasteiger partial charge on any atom is -0.480 e. The first-order valence-electron chi connectivity index (χ1n) is 7.98. The maximum absolute atomic E-state index is 12.5. The molecule has 0 spiro atoms. The van der Waals surface area contributed by atoms with E-state index in [2.05, 4.69) is 13.8 Å². The third kappa shape index (κ3) is 5.68. The average Bonchev–Trinajstić information content (AvgIpc) is 2.31. The van der Waals surface area contributed by atoms with Crippen LogP contribution in [0.4, 0.5) is 0 Å². The highest BCUT2D eigenvalue weighted by atomic mass is 16.5. The van der Waals surface area contributed by atoms with Crippen molar-refractivity contribution < 1.29 is 19.4 Å². The van der Waals surface area contributed by atoms with E-state index in [1.54, 1.807) is 13.8 Å². The quantitative estimate of drug-likeness (QED) is 0.514. The van der Waals surface area contributed by atoms with Gasteiger partial charge in [0, 0.05) is 0 Å². The molecule has 0 amide bonds. The van der Waals surface area contributed by atoms with Gasteiger partial charge in [0.2, 0.25) is 0 Å². The second kappa shape index (κ2) is 8.40. The van der Waals surface area contributed by atoms with Gasteiger partial charge in [-0.05, 0) is 43.9 Å². The topological polar surface area (TPSA) is 63.6 Å². The molecule has 0 rings (SSSR count). The van der Waals surface area contributed by atoms with Gasteiger partial charge in [-0.25, -0.2) is 0 Å². The zero-order valence-electron chi connectivity index (χ0n) is 14.6. The first-order valence-corrected chi connectivity index (χ1v) is 7.98. The molecule has 0 saturated carbocycles. The number of aliphatic carboxylic acids is 1. The molecule has 124 valence electrons. The summed E-state index contributed by atoms with van der Waals surface area (Å²) < 4.78 is 5.47. The Kier molecular flexibility index (Phi) is 7.98. The SMILES string of the molecule is CC(C)CCC(C)OC(=O)C(CC(C)C)(C(=O)O)C(C)C. The van der Waals surface area contributed by atoms with Crippen LogP contribution in [0.5, 0.6) is 0 Å². The Balaban J connectivity index is 5.07. The number of hydrogen-bond acceptors (Lipinski definition) is 3. The van der Waals surface area contributed by atoms with Gasteiger partial charge in [-0.1, -0.05) is 41.5 Å². The summed E-state index contributed by atoms with van der Waals surface area (Å²) in [5, 5.41) is 9.64. The molecule has 0 aromatic heterocycles. The number of carbonyl (C=O) groups excluding carboxylic acids is 1. The average molecular weight is 300 g/mol. The first-order chi connectivity index (χ1) is 9.53. The maximum atomic E-state index is 12.5. The third-order valence-electron chi connectivity index (χ3n) is 3.92. The molecule has 2 atom stereocenters. The Hall–Kier alpha value is -1.06. The smallest absolute Gasteiger partial charge is 0.324 e. The molecule has 0 fully saturated rings. The van der Waals surface area contributed by atoms with E-state index < -0.39 is 17.4 Å². The van der Waals surface area contributed by atoms with Crippen molar-refractivity contribution >= 4 is 11.9 Å². The van der Waals surface area contributed by atoms with Gasteiger partial charge < -0.3 is 9.84 Å². The van der Waals surface area contributed by atoms with Gasteiger partial charge in [-0.2, -0.15) is 0 Å². The van der Waals surface area contributed by atoms with Crippen LogP contribution < -0.4 is 0 Å². The van der Waals surface area contributed by atoms with Crippen LogP contribution in [0, 0.1) is 23.2 Å². The summed E-state index contributed by atoms with van der Waals surface area (Å²) in [5.41, 5.74) is -1.44. The number of rotatable bonds is 9. The van der Waals surface area contributed by atoms with Crippen LogP contribution in [0.15, 0.2) is 0 Å². The standard InChI is InChI=1S/C17H32O4/c1-11(2)8-9-14(7)21-16(20)17(13(5)6,15(18)19)10-12(3)4/h11-14H,8-10H2,1-7H3,(H,18,19). The zero-order chi connectivity index (χ0) is 16.8. The second-order valence-electron chi connectivity index (χ2n) is 7.22. The summed E-state index contributed by atoms with van der Waals surface area (Å²) in [7, 11) is 0. The van der Waals surface area contributed by atoms with E-state index >= 15 is 0 Å². The fourth-order valence-electron chi connectivity index (χ4n) is 2.54. The van der Waals surface area contributed by atoms with Crippen molar-refractivity contribution in [3.63, 3.8) is 0 Å². The molecule has 0 aliphatic heterocycles. The van der Waals surface area contributed by atoms with E-state index in [4.69, 9.17) is 4.74 Å². The molecule has 0 heterocycles. The monoisotopic (exact) mass is 300 g/mol. The van der Waals surface area contributed by atoms with Crippen LogP contribution in [-0.4, -0.2) is 23.1 Å². The lowest BCUT2D eigenvalue weighted by Gasteiger charge is -2.33. The summed E-state index contributed by atoms with van der Waals surface area (Å²) in [5.74, 6) is -1.32. The molecular weight excluding hydrogens is 268 g/mol. The Bertz CT molecular complexity index is 347. The fraction of sp³-hybridized carbons (Fsp3) is 0.882. The van der Waals surface area contributed by atoms with Gasteiger partial charge in [0.15, 0.2) is 5.41 Å². The van der Waals surface area contributed by atoms with E-state index in [1.807, 2.05) is 20.8 Å². The van der Waals surface area contributed by atoms with Crippen molar-refractivity contribution in [1.29, 1.82) is 0 Å². The van der Waals surface area contributed by atoms with Crippen molar-refractivity contribution in [2.75, 3.05) is 0 Å². The number of carbonyl (C=O) groups is 2. The summed E-state index contributed by atoms with van der Waals surface area (Å²) >= 11 is 0. The molecule has 0 saturated heterocycles. The molecule has 0 aromatic carbocycles. The van der Waals surface area contributed by atoms with Gasteiger partial charge in [-0.15, -0.1) is 0 Å². The molecular formula is C17H32O4. The van der Waals surface area contributed by atoms with Crippen molar-refractivity contribution in [1.82, 2.24) is 0 Å². The lowest BCUT2D eigenvalue weighted by molar-refractivity contribution is -0.177. The third-order valence-corrected chi connectivity index (χ3v) is 3.92. The Morgan fingerprint density at radius 2 is 1.48 bits per heavy atom. The maximum Gasteiger partial charge on any atom is 0.324 e. The highest BCUT2D eigenvalue weighted by Gasteiger charge is 2.51. The van der Waals surface area contributed by atoms with Gasteiger partial charge >= 0.3 is 11.9 Å². The highest BCUT2D eigenvalue weighted by molar-refractivity contribution is 5.99. The first kappa shape index (κ1) is 19.9. The van der Waals surface area contributed by atoms with Gasteiger partial charge in [0.1, 0.15) is 0 Å². The molecule has 2 unspecified atom stereocenters. The predicted molar refractivity (Wildman–Crippen MR) is 84.0 cm³/mol. The van der Waals surface area contributed by atoms with Crippen LogP contribution in [0.1, 0.15) is 67.7 Å². The molecule has 1 N–H and O–H groups in total. The van der Waals surface area contributed by atoms with E-state index in [-0.39, 0.29) is 17.9 Å². The molecule has 0 bridgehead atoms. The molecule has 0 aromatic rings. The summed E-state index contributed by atoms with van der Waals surface area (Å²) in [6.45, 7) is 13.5. The van der Waals surface area contributed by atoms with E-state index in [1.165, 1.54) is 0 Å². The largest absolute Gasteiger partial charge is 0.480 e. The number of esters is 1. The lowest BCUT2D eigenvalue weighted by Crippen LogP contribution is -2.47. The van der Waals surface area contributed by atoms with Crippen LogP contribution in [0.25, 0.3) is 0 Å². The number of hydrogen-bond donors (Lipinski definition) is 1. The highest BCUT2D eigenvalue weighted by Crippen LogP contribution is 2.37. The van der Waals surface area contributed by atoms with Gasteiger partial charge in [0.25, 0.3) is 0 Å².